The molecule has 0 radical (unpaired) electrons. The Morgan fingerprint density at radius 3 is 2.10 bits per heavy atom. The highest BCUT2D eigenvalue weighted by Crippen LogP contribution is 2.44. The second-order valence-electron chi connectivity index (χ2n) is 12.6. The molecular formula is C37H36N2O8S2. The molecule has 1 fully saturated rings. The maximum atomic E-state index is 13.8. The van der Waals surface area contributed by atoms with Crippen molar-refractivity contribution >= 4 is 50.7 Å². The molecule has 0 bridgehead atoms. The van der Waals surface area contributed by atoms with E-state index in [2.05, 4.69) is 5.32 Å². The number of aliphatic carboxylic acids is 1. The Hall–Kier alpha value is -4.65. The second kappa shape index (κ2) is 13.7. The number of carboxylic acid groups (broad SMARTS) is 2. The van der Waals surface area contributed by atoms with Crippen LogP contribution in [-0.2, 0) is 46.9 Å². The predicted molar refractivity (Wildman–Crippen MR) is 185 cm³/mol. The van der Waals surface area contributed by atoms with Crippen molar-refractivity contribution in [1.82, 2.24) is 4.31 Å². The Kier molecular flexibility index (Phi) is 9.56. The first-order valence-electron chi connectivity index (χ1n) is 16.1. The number of aromatic carboxylic acids is 1. The van der Waals surface area contributed by atoms with Crippen LogP contribution in [0.4, 0.5) is 5.69 Å². The van der Waals surface area contributed by atoms with Gasteiger partial charge in [0.1, 0.15) is 5.54 Å². The molecule has 49 heavy (non-hydrogen) atoms. The summed E-state index contributed by atoms with van der Waals surface area (Å²) in [6, 6.07) is 20.0. The van der Waals surface area contributed by atoms with Crippen molar-refractivity contribution in [2.45, 2.75) is 68.2 Å². The third-order valence-electron chi connectivity index (χ3n) is 9.45. The number of anilines is 1. The lowest BCUT2D eigenvalue weighted by Crippen LogP contribution is -2.44. The summed E-state index contributed by atoms with van der Waals surface area (Å²) >= 11 is 1.46. The van der Waals surface area contributed by atoms with Crippen molar-refractivity contribution in [2.75, 3.05) is 12.4 Å². The van der Waals surface area contributed by atoms with E-state index in [-0.39, 0.29) is 47.0 Å². The van der Waals surface area contributed by atoms with Crippen LogP contribution in [0.2, 0.25) is 0 Å². The zero-order valence-corrected chi connectivity index (χ0v) is 28.5. The molecule has 0 atom stereocenters. The van der Waals surface area contributed by atoms with Gasteiger partial charge in [0, 0.05) is 34.5 Å². The molecule has 1 heterocycles. The number of sulfonamides is 1. The zero-order valence-electron chi connectivity index (χ0n) is 26.9. The Balaban J connectivity index is 1.16. The van der Waals surface area contributed by atoms with Crippen molar-refractivity contribution < 1.29 is 37.8 Å². The van der Waals surface area contributed by atoms with Crippen molar-refractivity contribution in [3.8, 4) is 0 Å². The highest BCUT2D eigenvalue weighted by atomic mass is 32.2. The smallest absolute Gasteiger partial charge is 0.335 e. The van der Waals surface area contributed by atoms with E-state index in [1.54, 1.807) is 12.1 Å². The summed E-state index contributed by atoms with van der Waals surface area (Å²) in [7, 11) is -2.92. The van der Waals surface area contributed by atoms with Gasteiger partial charge in [-0.15, -0.1) is 11.3 Å². The van der Waals surface area contributed by atoms with E-state index in [1.807, 2.05) is 36.4 Å². The maximum Gasteiger partial charge on any atom is 0.335 e. The molecule has 254 valence electrons. The van der Waals surface area contributed by atoms with Crippen LogP contribution in [0.25, 0.3) is 0 Å². The second-order valence-corrected chi connectivity index (χ2v) is 15.8. The summed E-state index contributed by atoms with van der Waals surface area (Å²) < 4.78 is 27.6. The highest BCUT2D eigenvalue weighted by Gasteiger charge is 2.57. The number of nitrogens with one attached hydrogen (secondary N) is 1. The normalized spacial score (nSPS) is 15.0. The van der Waals surface area contributed by atoms with Gasteiger partial charge in [0.25, 0.3) is 5.91 Å². The average molecular weight is 701 g/mol. The minimum Gasteiger partial charge on any atom is -0.480 e. The number of Topliss-reactive ketones (excluding diaryl/α,β-unsaturated/α-hetero) is 1. The first-order valence-corrected chi connectivity index (χ1v) is 18.4. The van der Waals surface area contributed by atoms with Crippen molar-refractivity contribution in [1.29, 1.82) is 0 Å². The van der Waals surface area contributed by atoms with Gasteiger partial charge < -0.3 is 15.5 Å². The number of thiophene rings is 1. The quantitative estimate of drug-likeness (QED) is 0.143. The molecule has 3 N–H and O–H groups in total. The first-order chi connectivity index (χ1) is 23.4. The predicted octanol–water partition coefficient (Wildman–Crippen LogP) is 6.03. The van der Waals surface area contributed by atoms with Crippen LogP contribution >= 0.6 is 11.3 Å². The van der Waals surface area contributed by atoms with E-state index >= 15 is 0 Å². The first kappa shape index (κ1) is 34.2. The molecule has 12 heteroatoms. The van der Waals surface area contributed by atoms with Gasteiger partial charge in [0.05, 0.1) is 16.0 Å². The Bertz CT molecular complexity index is 2050. The lowest BCUT2D eigenvalue weighted by molar-refractivity contribution is -0.142. The van der Waals surface area contributed by atoms with Gasteiger partial charge in [-0.05, 0) is 104 Å². The monoisotopic (exact) mass is 700 g/mol. The summed E-state index contributed by atoms with van der Waals surface area (Å²) in [5.74, 6) is -2.79. The zero-order chi connectivity index (χ0) is 34.9. The van der Waals surface area contributed by atoms with Crippen molar-refractivity contribution in [3.05, 3.63) is 116 Å². The fourth-order valence-electron chi connectivity index (χ4n) is 6.31. The molecule has 1 amide bonds. The molecule has 2 aliphatic carbocycles. The van der Waals surface area contributed by atoms with Crippen LogP contribution in [0, 0.1) is 0 Å². The Labute approximate surface area is 288 Å². The lowest BCUT2D eigenvalue weighted by Gasteiger charge is -2.24. The molecule has 0 unspecified atom stereocenters. The number of amides is 1. The lowest BCUT2D eigenvalue weighted by atomic mass is 9.93. The minimum absolute atomic E-state index is 0.0782. The molecule has 0 aliphatic heterocycles. The number of hydrogen-bond donors (Lipinski definition) is 3. The van der Waals surface area contributed by atoms with E-state index in [9.17, 15) is 32.7 Å². The molecule has 10 nitrogen and oxygen atoms in total. The Morgan fingerprint density at radius 1 is 0.857 bits per heavy atom. The van der Waals surface area contributed by atoms with Crippen LogP contribution in [0.5, 0.6) is 0 Å². The Morgan fingerprint density at radius 2 is 1.49 bits per heavy atom. The largest absolute Gasteiger partial charge is 0.480 e. The number of carboxylic acids is 2. The average Bonchev–Trinajstić information content (AvgIpc) is 3.83. The van der Waals surface area contributed by atoms with E-state index in [1.165, 1.54) is 42.6 Å². The molecule has 1 aromatic heterocycles. The molecule has 0 saturated heterocycles. The van der Waals surface area contributed by atoms with E-state index in [0.29, 0.717) is 16.1 Å². The number of ketones is 1. The standard InChI is InChI=1S/C37H36N2O8S2/c1-39(37(19-20-37)36(44)45)49(46,47)28-6-4-5-26(21-28)30(40)22-32-33(29-7-2-3-8-31(29)48-32)34(41)38-27-17-13-24(14-18-27)10-9-23-11-15-25(16-12-23)35(42)43/h4-6,11-18,21H,2-3,7-10,19-20,22H2,1H3,(H,38,41)(H,42,43)(H,44,45). The molecular weight excluding hydrogens is 665 g/mol. The number of likely N-dealkylation sites (N-methyl/N-ethyl adjacent to an activating group) is 1. The number of aryl methyl sites for hydroxylation is 3. The fourth-order valence-corrected chi connectivity index (χ4v) is 9.27. The van der Waals surface area contributed by atoms with Crippen LogP contribution in [0.15, 0.2) is 77.7 Å². The number of rotatable bonds is 13. The van der Waals surface area contributed by atoms with E-state index < -0.39 is 27.5 Å². The molecule has 2 aliphatic rings. The molecule has 3 aromatic carbocycles. The summed E-state index contributed by atoms with van der Waals surface area (Å²) in [6.07, 6.45) is 5.35. The molecule has 1 saturated carbocycles. The summed E-state index contributed by atoms with van der Waals surface area (Å²) in [6.45, 7) is 0. The minimum atomic E-state index is -4.17. The number of carbonyl (C=O) groups is 4. The molecule has 6 rings (SSSR count). The van der Waals surface area contributed by atoms with Crippen molar-refractivity contribution in [3.63, 3.8) is 0 Å². The van der Waals surface area contributed by atoms with Gasteiger partial charge in [0.2, 0.25) is 10.0 Å². The van der Waals surface area contributed by atoms with Gasteiger partial charge in [-0.1, -0.05) is 36.4 Å². The fraction of sp³-hybridized carbons (Fsp3) is 0.297. The summed E-state index contributed by atoms with van der Waals surface area (Å²) in [4.78, 5) is 51.8. The van der Waals surface area contributed by atoms with Crippen LogP contribution in [-0.4, -0.2) is 59.2 Å². The number of nitrogens with zero attached hydrogens (tertiary/aromatic N) is 1. The van der Waals surface area contributed by atoms with Gasteiger partial charge in [0.15, 0.2) is 5.78 Å². The number of hydrogen-bond acceptors (Lipinski definition) is 7. The number of carbonyl (C=O) groups excluding carboxylic acids is 2. The van der Waals surface area contributed by atoms with Gasteiger partial charge in [-0.25, -0.2) is 13.2 Å². The van der Waals surface area contributed by atoms with Gasteiger partial charge in [-0.3, -0.25) is 14.4 Å². The number of benzene rings is 3. The highest BCUT2D eigenvalue weighted by molar-refractivity contribution is 7.89. The van der Waals surface area contributed by atoms with Crippen LogP contribution < -0.4 is 5.32 Å². The molecule has 0 spiro atoms. The maximum absolute atomic E-state index is 13.8. The van der Waals surface area contributed by atoms with Gasteiger partial charge >= 0.3 is 11.9 Å². The van der Waals surface area contributed by atoms with Gasteiger partial charge in [-0.2, -0.15) is 4.31 Å². The SMILES string of the molecule is CN(C1(C(=O)O)CC1)S(=O)(=O)c1cccc(C(=O)Cc2sc3c(c2C(=O)Nc2ccc(CCc4ccc(C(=O)O)cc4)cc2)CCCC3)c1. The molecule has 4 aromatic rings. The van der Waals surface area contributed by atoms with Crippen LogP contribution in [0.1, 0.15) is 83.2 Å². The topological polar surface area (TPSA) is 158 Å². The van der Waals surface area contributed by atoms with E-state index in [0.717, 1.165) is 64.4 Å². The van der Waals surface area contributed by atoms with E-state index in [4.69, 9.17) is 5.11 Å². The summed E-state index contributed by atoms with van der Waals surface area (Å²) in [5.41, 5.74) is 3.12. The number of fused-ring (bicyclic) bond motifs is 1. The summed E-state index contributed by atoms with van der Waals surface area (Å²) in [5, 5.41) is 21.7. The van der Waals surface area contributed by atoms with Crippen molar-refractivity contribution in [2.24, 2.45) is 0 Å². The third kappa shape index (κ3) is 7.08. The third-order valence-corrected chi connectivity index (χ3v) is 12.7. The van der Waals surface area contributed by atoms with Crippen LogP contribution in [0.3, 0.4) is 0 Å².